The molecule has 0 atom stereocenters. The third-order valence-corrected chi connectivity index (χ3v) is 2.31. The number of hydrogen-bond donors (Lipinski definition) is 1. The molecule has 0 aliphatic rings. The molecule has 0 unspecified atom stereocenters. The van der Waals surface area contributed by atoms with Crippen LogP contribution in [0.15, 0.2) is 24.3 Å². The molecule has 0 spiro atoms. The van der Waals surface area contributed by atoms with Gasteiger partial charge >= 0.3 is 0 Å². The maximum atomic E-state index is 3.45. The molecule has 84 valence electrons. The third-order valence-electron chi connectivity index (χ3n) is 2.31. The minimum atomic E-state index is 0.710. The van der Waals surface area contributed by atoms with Crippen molar-refractivity contribution in [3.8, 4) is 0 Å². The first kappa shape index (κ1) is 12.1. The molecule has 0 heterocycles. The van der Waals surface area contributed by atoms with Gasteiger partial charge in [-0.25, -0.2) is 0 Å². The summed E-state index contributed by atoms with van der Waals surface area (Å²) in [5, 5.41) is 3.45. The molecule has 0 saturated heterocycles. The summed E-state index contributed by atoms with van der Waals surface area (Å²) in [6.45, 7) is 6.48. The predicted octanol–water partition coefficient (Wildman–Crippen LogP) is 2.50. The van der Waals surface area contributed by atoms with Gasteiger partial charge in [0, 0.05) is 26.3 Å². The standard InChI is InChI=1S/C13H22N2/c1-11(2)9-14-10-12-6-5-7-13(8-12)15(3)4/h5-8,11,14H,9-10H2,1-4H3. The van der Waals surface area contributed by atoms with Gasteiger partial charge < -0.3 is 10.2 Å². The second kappa shape index (κ2) is 5.76. The van der Waals surface area contributed by atoms with Crippen LogP contribution in [0.1, 0.15) is 19.4 Å². The molecular formula is C13H22N2. The lowest BCUT2D eigenvalue weighted by Gasteiger charge is -2.14. The maximum Gasteiger partial charge on any atom is 0.0364 e. The van der Waals surface area contributed by atoms with Crippen molar-refractivity contribution < 1.29 is 0 Å². The Labute approximate surface area is 93.3 Å². The first-order valence-corrected chi connectivity index (χ1v) is 5.56. The average Bonchev–Trinajstić information content (AvgIpc) is 2.17. The van der Waals surface area contributed by atoms with Crippen LogP contribution in [0.3, 0.4) is 0 Å². The predicted molar refractivity (Wildman–Crippen MR) is 67.3 cm³/mol. The molecule has 1 N–H and O–H groups in total. The summed E-state index contributed by atoms with van der Waals surface area (Å²) in [4.78, 5) is 2.13. The molecule has 0 aromatic heterocycles. The monoisotopic (exact) mass is 206 g/mol. The van der Waals surface area contributed by atoms with Crippen LogP contribution in [0.5, 0.6) is 0 Å². The fraction of sp³-hybridized carbons (Fsp3) is 0.538. The highest BCUT2D eigenvalue weighted by atomic mass is 15.1. The van der Waals surface area contributed by atoms with E-state index in [0.29, 0.717) is 5.92 Å². The second-order valence-electron chi connectivity index (χ2n) is 4.59. The van der Waals surface area contributed by atoms with E-state index in [1.807, 2.05) is 0 Å². The van der Waals surface area contributed by atoms with E-state index in [0.717, 1.165) is 13.1 Å². The van der Waals surface area contributed by atoms with Crippen molar-refractivity contribution in [3.05, 3.63) is 29.8 Å². The van der Waals surface area contributed by atoms with Gasteiger partial charge in [0.15, 0.2) is 0 Å². The summed E-state index contributed by atoms with van der Waals surface area (Å²) >= 11 is 0. The Kier molecular flexibility index (Phi) is 4.63. The minimum absolute atomic E-state index is 0.710. The Balaban J connectivity index is 2.50. The van der Waals surface area contributed by atoms with Crippen molar-refractivity contribution >= 4 is 5.69 Å². The molecule has 0 fully saturated rings. The van der Waals surface area contributed by atoms with E-state index >= 15 is 0 Å². The van der Waals surface area contributed by atoms with Gasteiger partial charge in [0.25, 0.3) is 0 Å². The van der Waals surface area contributed by atoms with E-state index in [2.05, 4.69) is 62.4 Å². The topological polar surface area (TPSA) is 15.3 Å². The quantitative estimate of drug-likeness (QED) is 0.796. The Hall–Kier alpha value is -1.02. The number of hydrogen-bond acceptors (Lipinski definition) is 2. The van der Waals surface area contributed by atoms with Crippen LogP contribution in [0, 0.1) is 5.92 Å². The molecule has 0 bridgehead atoms. The molecule has 1 aromatic carbocycles. The zero-order valence-corrected chi connectivity index (χ0v) is 10.2. The van der Waals surface area contributed by atoms with Gasteiger partial charge in [-0.3, -0.25) is 0 Å². The molecule has 0 aliphatic heterocycles. The number of nitrogens with zero attached hydrogens (tertiary/aromatic N) is 1. The minimum Gasteiger partial charge on any atom is -0.378 e. The summed E-state index contributed by atoms with van der Waals surface area (Å²) in [6, 6.07) is 8.64. The van der Waals surface area contributed by atoms with Crippen molar-refractivity contribution in [2.45, 2.75) is 20.4 Å². The highest BCUT2D eigenvalue weighted by Crippen LogP contribution is 2.13. The number of anilines is 1. The Bertz CT molecular complexity index is 292. The van der Waals surface area contributed by atoms with Gasteiger partial charge in [0.1, 0.15) is 0 Å². The average molecular weight is 206 g/mol. The van der Waals surface area contributed by atoms with Crippen LogP contribution < -0.4 is 10.2 Å². The number of rotatable bonds is 5. The van der Waals surface area contributed by atoms with Crippen molar-refractivity contribution in [1.82, 2.24) is 5.32 Å². The van der Waals surface area contributed by atoms with E-state index in [1.54, 1.807) is 0 Å². The summed E-state index contributed by atoms with van der Waals surface area (Å²) in [5.74, 6) is 0.710. The van der Waals surface area contributed by atoms with Gasteiger partial charge in [0.05, 0.1) is 0 Å². The second-order valence-corrected chi connectivity index (χ2v) is 4.59. The van der Waals surface area contributed by atoms with Gasteiger partial charge in [-0.2, -0.15) is 0 Å². The molecule has 1 rings (SSSR count). The van der Waals surface area contributed by atoms with Crippen LogP contribution in [0.4, 0.5) is 5.69 Å². The summed E-state index contributed by atoms with van der Waals surface area (Å²) < 4.78 is 0. The maximum absolute atomic E-state index is 3.45. The molecule has 0 radical (unpaired) electrons. The highest BCUT2D eigenvalue weighted by molar-refractivity contribution is 5.47. The van der Waals surface area contributed by atoms with Crippen molar-refractivity contribution in [2.75, 3.05) is 25.5 Å². The lowest BCUT2D eigenvalue weighted by Crippen LogP contribution is -2.19. The first-order chi connectivity index (χ1) is 7.09. The van der Waals surface area contributed by atoms with Gasteiger partial charge in [-0.1, -0.05) is 26.0 Å². The fourth-order valence-corrected chi connectivity index (χ4v) is 1.45. The molecule has 0 saturated carbocycles. The Morgan fingerprint density at radius 3 is 2.60 bits per heavy atom. The van der Waals surface area contributed by atoms with E-state index in [9.17, 15) is 0 Å². The Morgan fingerprint density at radius 1 is 1.27 bits per heavy atom. The lowest BCUT2D eigenvalue weighted by atomic mass is 10.1. The fourth-order valence-electron chi connectivity index (χ4n) is 1.45. The first-order valence-electron chi connectivity index (χ1n) is 5.56. The summed E-state index contributed by atoms with van der Waals surface area (Å²) in [6.07, 6.45) is 0. The van der Waals surface area contributed by atoms with Crippen LogP contribution in [-0.4, -0.2) is 20.6 Å². The van der Waals surface area contributed by atoms with E-state index in [4.69, 9.17) is 0 Å². The van der Waals surface area contributed by atoms with E-state index < -0.39 is 0 Å². The molecular weight excluding hydrogens is 184 g/mol. The number of nitrogens with one attached hydrogen (secondary N) is 1. The SMILES string of the molecule is CC(C)CNCc1cccc(N(C)C)c1. The normalized spacial score (nSPS) is 10.7. The zero-order valence-electron chi connectivity index (χ0n) is 10.2. The molecule has 2 nitrogen and oxygen atoms in total. The van der Waals surface area contributed by atoms with Crippen molar-refractivity contribution in [1.29, 1.82) is 0 Å². The smallest absolute Gasteiger partial charge is 0.0364 e. The molecule has 15 heavy (non-hydrogen) atoms. The lowest BCUT2D eigenvalue weighted by molar-refractivity contribution is 0.552. The van der Waals surface area contributed by atoms with E-state index in [1.165, 1.54) is 11.3 Å². The van der Waals surface area contributed by atoms with Gasteiger partial charge in [-0.05, 0) is 30.2 Å². The van der Waals surface area contributed by atoms with Crippen molar-refractivity contribution in [3.63, 3.8) is 0 Å². The zero-order chi connectivity index (χ0) is 11.3. The van der Waals surface area contributed by atoms with Gasteiger partial charge in [-0.15, -0.1) is 0 Å². The largest absolute Gasteiger partial charge is 0.378 e. The Morgan fingerprint density at radius 2 is 2.00 bits per heavy atom. The molecule has 0 aliphatic carbocycles. The van der Waals surface area contributed by atoms with Crippen LogP contribution >= 0.6 is 0 Å². The molecule has 1 aromatic rings. The van der Waals surface area contributed by atoms with E-state index in [-0.39, 0.29) is 0 Å². The van der Waals surface area contributed by atoms with Crippen LogP contribution in [-0.2, 0) is 6.54 Å². The van der Waals surface area contributed by atoms with Crippen LogP contribution in [0.25, 0.3) is 0 Å². The molecule has 2 heteroatoms. The molecule has 0 amide bonds. The number of benzene rings is 1. The van der Waals surface area contributed by atoms with Gasteiger partial charge in [0.2, 0.25) is 0 Å². The summed E-state index contributed by atoms with van der Waals surface area (Å²) in [5.41, 5.74) is 2.61. The third kappa shape index (κ3) is 4.34. The van der Waals surface area contributed by atoms with Crippen LogP contribution in [0.2, 0.25) is 0 Å². The highest BCUT2D eigenvalue weighted by Gasteiger charge is 1.98. The summed E-state index contributed by atoms with van der Waals surface area (Å²) in [7, 11) is 4.14. The van der Waals surface area contributed by atoms with Crippen molar-refractivity contribution in [2.24, 2.45) is 5.92 Å².